The lowest BCUT2D eigenvalue weighted by molar-refractivity contribution is -0.0707. The molecule has 2 heterocycles. The Kier molecular flexibility index (Phi) is 4.76. The molecule has 0 bridgehead atoms. The Morgan fingerprint density at radius 3 is 2.59 bits per heavy atom. The van der Waals surface area contributed by atoms with Crippen molar-refractivity contribution in [3.63, 3.8) is 0 Å². The number of morpholine rings is 1. The molecule has 3 rings (SSSR count). The molecule has 118 valence electrons. The predicted octanol–water partition coefficient (Wildman–Crippen LogP) is 3.80. The number of nitrogens with zero attached hydrogens (tertiary/aromatic N) is 2. The number of aryl methyl sites for hydroxylation is 1. The minimum Gasteiger partial charge on any atom is -0.373 e. The topological polar surface area (TPSA) is 37.4 Å². The maximum atomic E-state index is 5.78. The molecule has 2 aromatic rings. The number of thiazole rings is 1. The van der Waals surface area contributed by atoms with Gasteiger partial charge in [-0.05, 0) is 32.9 Å². The zero-order valence-corrected chi connectivity index (χ0v) is 14.2. The summed E-state index contributed by atoms with van der Waals surface area (Å²) >= 11 is 1.66. The molecule has 1 fully saturated rings. The van der Waals surface area contributed by atoms with Gasteiger partial charge in [0.2, 0.25) is 0 Å². The molecule has 0 aliphatic carbocycles. The third kappa shape index (κ3) is 4.06. The van der Waals surface area contributed by atoms with E-state index in [9.17, 15) is 0 Å². The maximum Gasteiger partial charge on any atom is 0.187 e. The molecule has 1 aliphatic rings. The fourth-order valence-electron chi connectivity index (χ4n) is 2.84. The summed E-state index contributed by atoms with van der Waals surface area (Å²) in [5.41, 5.74) is 3.47. The van der Waals surface area contributed by atoms with E-state index < -0.39 is 0 Å². The van der Waals surface area contributed by atoms with Crippen LogP contribution in [0.1, 0.15) is 25.1 Å². The highest BCUT2D eigenvalue weighted by atomic mass is 32.1. The Morgan fingerprint density at radius 2 is 1.91 bits per heavy atom. The summed E-state index contributed by atoms with van der Waals surface area (Å²) in [5.74, 6) is 0. The van der Waals surface area contributed by atoms with Crippen molar-refractivity contribution in [2.24, 2.45) is 0 Å². The number of benzene rings is 1. The zero-order chi connectivity index (χ0) is 15.5. The first-order valence-corrected chi connectivity index (χ1v) is 8.62. The summed E-state index contributed by atoms with van der Waals surface area (Å²) in [4.78, 5) is 7.12. The lowest BCUT2D eigenvalue weighted by Crippen LogP contribution is -2.44. The van der Waals surface area contributed by atoms with Crippen LogP contribution in [-0.2, 0) is 11.3 Å². The summed E-state index contributed by atoms with van der Waals surface area (Å²) in [7, 11) is 0. The lowest BCUT2D eigenvalue weighted by Gasteiger charge is -2.34. The fourth-order valence-corrected chi connectivity index (χ4v) is 3.56. The van der Waals surface area contributed by atoms with E-state index in [4.69, 9.17) is 9.72 Å². The van der Waals surface area contributed by atoms with E-state index in [-0.39, 0.29) is 0 Å². The van der Waals surface area contributed by atoms with E-state index in [1.54, 1.807) is 11.3 Å². The molecular weight excluding hydrogens is 294 g/mol. The van der Waals surface area contributed by atoms with Crippen LogP contribution in [0.15, 0.2) is 29.6 Å². The van der Waals surface area contributed by atoms with Gasteiger partial charge in [0.15, 0.2) is 5.13 Å². The Labute approximate surface area is 136 Å². The van der Waals surface area contributed by atoms with Gasteiger partial charge in [-0.1, -0.05) is 17.7 Å². The highest BCUT2D eigenvalue weighted by molar-refractivity contribution is 7.13. The van der Waals surface area contributed by atoms with Gasteiger partial charge in [0.1, 0.15) is 0 Å². The molecule has 1 saturated heterocycles. The molecular formula is C17H23N3OS. The van der Waals surface area contributed by atoms with Gasteiger partial charge in [0, 0.05) is 30.7 Å². The number of nitrogens with one attached hydrogen (secondary N) is 1. The zero-order valence-electron chi connectivity index (χ0n) is 13.4. The third-order valence-electron chi connectivity index (χ3n) is 3.74. The van der Waals surface area contributed by atoms with Crippen molar-refractivity contribution in [3.8, 4) is 0 Å². The normalized spacial score (nSPS) is 22.7. The van der Waals surface area contributed by atoms with E-state index in [1.165, 1.54) is 5.56 Å². The molecule has 1 aliphatic heterocycles. The summed E-state index contributed by atoms with van der Waals surface area (Å²) in [6.45, 7) is 9.20. The van der Waals surface area contributed by atoms with Gasteiger partial charge in [-0.15, -0.1) is 11.3 Å². The van der Waals surface area contributed by atoms with Crippen molar-refractivity contribution in [2.75, 3.05) is 18.4 Å². The molecule has 0 unspecified atom stereocenters. The first-order chi connectivity index (χ1) is 10.6. The largest absolute Gasteiger partial charge is 0.373 e. The lowest BCUT2D eigenvalue weighted by atomic mass is 10.2. The molecule has 0 amide bonds. The number of rotatable bonds is 4. The van der Waals surface area contributed by atoms with E-state index in [1.807, 2.05) is 0 Å². The molecule has 2 atom stereocenters. The number of aromatic nitrogens is 1. The van der Waals surface area contributed by atoms with Crippen molar-refractivity contribution in [3.05, 3.63) is 40.9 Å². The minimum atomic E-state index is 0.299. The van der Waals surface area contributed by atoms with Gasteiger partial charge in [-0.3, -0.25) is 4.90 Å². The van der Waals surface area contributed by atoms with E-state index >= 15 is 0 Å². The average molecular weight is 317 g/mol. The molecule has 1 aromatic carbocycles. The summed E-state index contributed by atoms with van der Waals surface area (Å²) in [5, 5.41) is 6.46. The predicted molar refractivity (Wildman–Crippen MR) is 91.9 cm³/mol. The quantitative estimate of drug-likeness (QED) is 0.930. The molecule has 0 saturated carbocycles. The highest BCUT2D eigenvalue weighted by Crippen LogP contribution is 2.23. The van der Waals surface area contributed by atoms with Crippen LogP contribution in [0.4, 0.5) is 10.8 Å². The minimum absolute atomic E-state index is 0.299. The number of anilines is 2. The molecule has 0 radical (unpaired) electrons. The van der Waals surface area contributed by atoms with Crippen LogP contribution >= 0.6 is 11.3 Å². The first kappa shape index (κ1) is 15.5. The summed E-state index contributed by atoms with van der Waals surface area (Å²) in [6.07, 6.45) is 0.597. The van der Waals surface area contributed by atoms with Gasteiger partial charge in [-0.2, -0.15) is 0 Å². The molecule has 1 N–H and O–H groups in total. The second-order valence-corrected chi connectivity index (χ2v) is 6.94. The highest BCUT2D eigenvalue weighted by Gasteiger charge is 2.22. The van der Waals surface area contributed by atoms with Crippen LogP contribution in [0.2, 0.25) is 0 Å². The van der Waals surface area contributed by atoms with Crippen LogP contribution in [0.3, 0.4) is 0 Å². The number of hydrogen-bond donors (Lipinski definition) is 1. The Morgan fingerprint density at radius 1 is 1.23 bits per heavy atom. The van der Waals surface area contributed by atoms with E-state index in [0.717, 1.165) is 36.1 Å². The molecule has 1 aromatic heterocycles. The summed E-state index contributed by atoms with van der Waals surface area (Å²) in [6, 6.07) is 8.38. The molecule has 4 nitrogen and oxygen atoms in total. The van der Waals surface area contributed by atoms with Crippen molar-refractivity contribution >= 4 is 22.2 Å². The Balaban J connectivity index is 1.60. The second-order valence-electron chi connectivity index (χ2n) is 6.09. The first-order valence-electron chi connectivity index (χ1n) is 7.74. The monoisotopic (exact) mass is 317 g/mol. The van der Waals surface area contributed by atoms with Crippen LogP contribution in [0.5, 0.6) is 0 Å². The summed E-state index contributed by atoms with van der Waals surface area (Å²) < 4.78 is 5.78. The Bertz CT molecular complexity index is 601. The fraction of sp³-hybridized carbons (Fsp3) is 0.471. The van der Waals surface area contributed by atoms with Gasteiger partial charge < -0.3 is 10.1 Å². The van der Waals surface area contributed by atoms with Crippen molar-refractivity contribution in [1.82, 2.24) is 9.88 Å². The van der Waals surface area contributed by atoms with Gasteiger partial charge >= 0.3 is 0 Å². The maximum absolute atomic E-state index is 5.78. The van der Waals surface area contributed by atoms with Crippen LogP contribution in [0.25, 0.3) is 0 Å². The van der Waals surface area contributed by atoms with Crippen molar-refractivity contribution in [2.45, 2.75) is 39.5 Å². The molecule has 22 heavy (non-hydrogen) atoms. The molecule has 0 spiro atoms. The van der Waals surface area contributed by atoms with Gasteiger partial charge in [0.25, 0.3) is 0 Å². The van der Waals surface area contributed by atoms with Crippen molar-refractivity contribution in [1.29, 1.82) is 0 Å². The number of hydrogen-bond acceptors (Lipinski definition) is 5. The van der Waals surface area contributed by atoms with Crippen LogP contribution in [0, 0.1) is 6.92 Å². The standard InChI is InChI=1S/C17H23N3OS/c1-12-4-6-15(7-5-12)18-17-19-16(11-22-17)10-20-8-13(2)21-14(3)9-20/h4-7,11,13-14H,8-10H2,1-3H3,(H,18,19)/t13-,14-/m1/s1. The van der Waals surface area contributed by atoms with Crippen LogP contribution in [-0.4, -0.2) is 35.2 Å². The Hall–Kier alpha value is -1.43. The average Bonchev–Trinajstić information content (AvgIpc) is 2.87. The van der Waals surface area contributed by atoms with E-state index in [2.05, 4.69) is 60.6 Å². The smallest absolute Gasteiger partial charge is 0.187 e. The van der Waals surface area contributed by atoms with Gasteiger partial charge in [-0.25, -0.2) is 4.98 Å². The molecule has 5 heteroatoms. The van der Waals surface area contributed by atoms with Gasteiger partial charge in [0.05, 0.1) is 17.9 Å². The number of ether oxygens (including phenoxy) is 1. The third-order valence-corrected chi connectivity index (χ3v) is 4.54. The van der Waals surface area contributed by atoms with Crippen LogP contribution < -0.4 is 5.32 Å². The van der Waals surface area contributed by atoms with Crippen molar-refractivity contribution < 1.29 is 4.74 Å². The van der Waals surface area contributed by atoms with E-state index in [0.29, 0.717) is 12.2 Å². The second kappa shape index (κ2) is 6.77. The SMILES string of the molecule is Cc1ccc(Nc2nc(CN3C[C@@H](C)O[C@H](C)C3)cs2)cc1.